The van der Waals surface area contributed by atoms with Gasteiger partial charge < -0.3 is 14.2 Å². The number of hydrogen-bond donors (Lipinski definition) is 1. The van der Waals surface area contributed by atoms with Crippen LogP contribution in [0.3, 0.4) is 0 Å². The number of amides is 1. The standard InChI is InChI=1S/C23H17N3O7/c27-22(21-14-31-19-3-1-2-4-20(19)33-21)25-24-13-15-5-11-18(12-6-15)32-23(28)16-7-9-17(10-8-16)26(29)30/h1-13,21H,14H2,(H,25,27). The Labute approximate surface area is 187 Å². The molecular formula is C23H17N3O7. The molecule has 10 nitrogen and oxygen atoms in total. The van der Waals surface area contributed by atoms with Gasteiger partial charge in [-0.2, -0.15) is 5.10 Å². The van der Waals surface area contributed by atoms with Crippen LogP contribution in [-0.4, -0.2) is 35.7 Å². The Morgan fingerprint density at radius 2 is 1.73 bits per heavy atom. The molecule has 1 unspecified atom stereocenters. The Morgan fingerprint density at radius 3 is 2.42 bits per heavy atom. The van der Waals surface area contributed by atoms with Crippen molar-refractivity contribution in [3.05, 3.63) is 94.0 Å². The van der Waals surface area contributed by atoms with Gasteiger partial charge in [-0.1, -0.05) is 12.1 Å². The summed E-state index contributed by atoms with van der Waals surface area (Å²) in [6, 6.07) is 18.6. The van der Waals surface area contributed by atoms with E-state index in [0.29, 0.717) is 17.1 Å². The zero-order valence-corrected chi connectivity index (χ0v) is 17.0. The van der Waals surface area contributed by atoms with Crippen LogP contribution in [0.2, 0.25) is 0 Å². The van der Waals surface area contributed by atoms with Gasteiger partial charge in [-0.3, -0.25) is 14.9 Å². The third-order valence-electron chi connectivity index (χ3n) is 4.59. The van der Waals surface area contributed by atoms with E-state index in [-0.39, 0.29) is 23.6 Å². The van der Waals surface area contributed by atoms with Crippen molar-refractivity contribution in [2.75, 3.05) is 6.61 Å². The molecule has 166 valence electrons. The average molecular weight is 447 g/mol. The number of ether oxygens (including phenoxy) is 3. The first-order valence-corrected chi connectivity index (χ1v) is 9.78. The normalized spacial score (nSPS) is 14.5. The van der Waals surface area contributed by atoms with Gasteiger partial charge in [0.2, 0.25) is 6.10 Å². The van der Waals surface area contributed by atoms with Gasteiger partial charge in [0.05, 0.1) is 16.7 Å². The number of hydrazone groups is 1. The fourth-order valence-electron chi connectivity index (χ4n) is 2.90. The van der Waals surface area contributed by atoms with Gasteiger partial charge in [0.1, 0.15) is 12.4 Å². The van der Waals surface area contributed by atoms with Crippen molar-refractivity contribution >= 4 is 23.8 Å². The summed E-state index contributed by atoms with van der Waals surface area (Å²) in [7, 11) is 0. The van der Waals surface area contributed by atoms with Crippen LogP contribution >= 0.6 is 0 Å². The Hall–Kier alpha value is -4.73. The first-order valence-electron chi connectivity index (χ1n) is 9.78. The number of hydrogen-bond acceptors (Lipinski definition) is 8. The number of nitrogens with zero attached hydrogens (tertiary/aromatic N) is 2. The van der Waals surface area contributed by atoms with Gasteiger partial charge in [0, 0.05) is 12.1 Å². The molecule has 1 heterocycles. The van der Waals surface area contributed by atoms with E-state index in [1.165, 1.54) is 30.5 Å². The number of carbonyl (C=O) groups excluding carboxylic acids is 2. The zero-order chi connectivity index (χ0) is 23.2. The molecule has 4 rings (SSSR count). The molecule has 1 aliphatic heterocycles. The number of nitro benzene ring substituents is 1. The van der Waals surface area contributed by atoms with Crippen molar-refractivity contribution in [1.82, 2.24) is 5.43 Å². The van der Waals surface area contributed by atoms with E-state index < -0.39 is 22.9 Å². The molecule has 0 aliphatic carbocycles. The fraction of sp³-hybridized carbons (Fsp3) is 0.0870. The molecular weight excluding hydrogens is 430 g/mol. The lowest BCUT2D eigenvalue weighted by atomic mass is 10.2. The Bertz CT molecular complexity index is 1210. The quantitative estimate of drug-likeness (QED) is 0.202. The van der Waals surface area contributed by atoms with E-state index in [9.17, 15) is 19.7 Å². The predicted molar refractivity (Wildman–Crippen MR) is 117 cm³/mol. The molecule has 0 aromatic heterocycles. The van der Waals surface area contributed by atoms with E-state index in [1.54, 1.807) is 42.5 Å². The number of rotatable bonds is 6. The maximum absolute atomic E-state index is 12.2. The number of para-hydroxylation sites is 2. The van der Waals surface area contributed by atoms with Gasteiger partial charge in [-0.05, 0) is 54.1 Å². The lowest BCUT2D eigenvalue weighted by Gasteiger charge is -2.24. The molecule has 0 spiro atoms. The smallest absolute Gasteiger partial charge is 0.343 e. The minimum Gasteiger partial charge on any atom is -0.485 e. The SMILES string of the molecule is O=C(Oc1ccc(C=NNC(=O)C2COc3ccccc3O2)cc1)c1ccc([N+](=O)[O-])cc1. The Kier molecular flexibility index (Phi) is 6.26. The molecule has 1 N–H and O–H groups in total. The van der Waals surface area contributed by atoms with Gasteiger partial charge in [-0.25, -0.2) is 10.2 Å². The maximum Gasteiger partial charge on any atom is 0.343 e. The van der Waals surface area contributed by atoms with Crippen LogP contribution in [0.5, 0.6) is 17.2 Å². The van der Waals surface area contributed by atoms with E-state index in [0.717, 1.165) is 0 Å². The Balaban J connectivity index is 1.29. The largest absolute Gasteiger partial charge is 0.485 e. The third kappa shape index (κ3) is 5.31. The second-order valence-electron chi connectivity index (χ2n) is 6.86. The molecule has 1 aliphatic rings. The molecule has 0 fully saturated rings. The first kappa shape index (κ1) is 21.5. The average Bonchev–Trinajstić information content (AvgIpc) is 2.84. The summed E-state index contributed by atoms with van der Waals surface area (Å²) in [5.41, 5.74) is 3.12. The number of carbonyl (C=O) groups is 2. The molecule has 3 aromatic rings. The number of nitrogens with one attached hydrogen (secondary N) is 1. The molecule has 1 atom stereocenters. The third-order valence-corrected chi connectivity index (χ3v) is 4.59. The summed E-state index contributed by atoms with van der Waals surface area (Å²) in [5, 5.41) is 14.6. The number of non-ortho nitro benzene ring substituents is 1. The number of fused-ring (bicyclic) bond motifs is 1. The molecule has 0 bridgehead atoms. The highest BCUT2D eigenvalue weighted by atomic mass is 16.6. The van der Waals surface area contributed by atoms with Crippen molar-refractivity contribution in [1.29, 1.82) is 0 Å². The molecule has 3 aromatic carbocycles. The van der Waals surface area contributed by atoms with E-state index in [1.807, 2.05) is 6.07 Å². The minimum absolute atomic E-state index is 0.0766. The number of esters is 1. The molecule has 0 saturated heterocycles. The molecule has 33 heavy (non-hydrogen) atoms. The van der Waals surface area contributed by atoms with Crippen molar-refractivity contribution in [2.45, 2.75) is 6.10 Å². The highest BCUT2D eigenvalue weighted by Gasteiger charge is 2.27. The second-order valence-corrected chi connectivity index (χ2v) is 6.86. The van der Waals surface area contributed by atoms with Gasteiger partial charge in [-0.15, -0.1) is 0 Å². The monoisotopic (exact) mass is 447 g/mol. The van der Waals surface area contributed by atoms with E-state index >= 15 is 0 Å². The summed E-state index contributed by atoms with van der Waals surface area (Å²) in [5.74, 6) is 0.265. The van der Waals surface area contributed by atoms with E-state index in [4.69, 9.17) is 14.2 Å². The summed E-state index contributed by atoms with van der Waals surface area (Å²) in [6.45, 7) is 0.0766. The van der Waals surface area contributed by atoms with Crippen molar-refractivity contribution in [3.63, 3.8) is 0 Å². The lowest BCUT2D eigenvalue weighted by molar-refractivity contribution is -0.384. The second kappa shape index (κ2) is 9.60. The maximum atomic E-state index is 12.2. The van der Waals surface area contributed by atoms with Crippen LogP contribution in [0.4, 0.5) is 5.69 Å². The van der Waals surface area contributed by atoms with Crippen LogP contribution in [0.1, 0.15) is 15.9 Å². The van der Waals surface area contributed by atoms with E-state index in [2.05, 4.69) is 10.5 Å². The summed E-state index contributed by atoms with van der Waals surface area (Å²) in [4.78, 5) is 34.5. The molecule has 0 radical (unpaired) electrons. The predicted octanol–water partition coefficient (Wildman–Crippen LogP) is 3.10. The summed E-state index contributed by atoms with van der Waals surface area (Å²) >= 11 is 0. The van der Waals surface area contributed by atoms with Crippen molar-refractivity contribution < 1.29 is 28.7 Å². The highest BCUT2D eigenvalue weighted by Crippen LogP contribution is 2.30. The molecule has 10 heteroatoms. The summed E-state index contributed by atoms with van der Waals surface area (Å²) in [6.07, 6.45) is 0.607. The van der Waals surface area contributed by atoms with Crippen LogP contribution in [-0.2, 0) is 4.79 Å². The Morgan fingerprint density at radius 1 is 1.03 bits per heavy atom. The van der Waals surface area contributed by atoms with Crippen LogP contribution in [0.15, 0.2) is 77.9 Å². The number of benzene rings is 3. The van der Waals surface area contributed by atoms with Gasteiger partial charge >= 0.3 is 5.97 Å². The number of nitro groups is 1. The minimum atomic E-state index is -0.821. The van der Waals surface area contributed by atoms with Gasteiger partial charge in [0.25, 0.3) is 11.6 Å². The lowest BCUT2D eigenvalue weighted by Crippen LogP contribution is -2.42. The fourth-order valence-corrected chi connectivity index (χ4v) is 2.90. The van der Waals surface area contributed by atoms with Crippen LogP contribution < -0.4 is 19.6 Å². The first-order chi connectivity index (χ1) is 16.0. The van der Waals surface area contributed by atoms with Crippen molar-refractivity contribution in [2.24, 2.45) is 5.10 Å². The molecule has 0 saturated carbocycles. The topological polar surface area (TPSA) is 129 Å². The zero-order valence-electron chi connectivity index (χ0n) is 17.0. The van der Waals surface area contributed by atoms with Crippen molar-refractivity contribution in [3.8, 4) is 17.2 Å². The van der Waals surface area contributed by atoms with Gasteiger partial charge in [0.15, 0.2) is 11.5 Å². The van der Waals surface area contributed by atoms with Crippen LogP contribution in [0.25, 0.3) is 0 Å². The van der Waals surface area contributed by atoms with Crippen LogP contribution in [0, 0.1) is 10.1 Å². The highest BCUT2D eigenvalue weighted by molar-refractivity contribution is 5.91. The summed E-state index contributed by atoms with van der Waals surface area (Å²) < 4.78 is 16.4. The molecule has 1 amide bonds.